The van der Waals surface area contributed by atoms with Gasteiger partial charge in [-0.25, -0.2) is 5.43 Å². The SMILES string of the molecule is COCCNC(=O)c1oc2c(c1C)/C(=N/NC(=O)Cc1coc3c(C)c(C)ccc13)CCC2. The highest BCUT2D eigenvalue weighted by atomic mass is 16.5. The first-order chi connectivity index (χ1) is 15.9. The summed E-state index contributed by atoms with van der Waals surface area (Å²) in [5.41, 5.74) is 8.82. The molecule has 174 valence electrons. The van der Waals surface area contributed by atoms with Gasteiger partial charge in [-0.1, -0.05) is 12.1 Å². The molecule has 33 heavy (non-hydrogen) atoms. The number of hydrazone groups is 1. The van der Waals surface area contributed by atoms with Gasteiger partial charge >= 0.3 is 0 Å². The van der Waals surface area contributed by atoms with Crippen molar-refractivity contribution in [1.82, 2.24) is 10.7 Å². The molecule has 2 aromatic heterocycles. The van der Waals surface area contributed by atoms with Crippen LogP contribution in [0, 0.1) is 20.8 Å². The normalized spacial score (nSPS) is 14.5. The minimum atomic E-state index is -0.278. The number of hydrogen-bond acceptors (Lipinski definition) is 6. The molecule has 3 aromatic rings. The highest BCUT2D eigenvalue weighted by Gasteiger charge is 2.28. The van der Waals surface area contributed by atoms with E-state index in [-0.39, 0.29) is 24.0 Å². The summed E-state index contributed by atoms with van der Waals surface area (Å²) in [4.78, 5) is 25.1. The summed E-state index contributed by atoms with van der Waals surface area (Å²) in [5, 5.41) is 8.13. The molecule has 0 fully saturated rings. The van der Waals surface area contributed by atoms with Gasteiger partial charge in [-0.05, 0) is 44.7 Å². The fourth-order valence-corrected chi connectivity index (χ4v) is 4.21. The Morgan fingerprint density at radius 2 is 1.97 bits per heavy atom. The van der Waals surface area contributed by atoms with Crippen LogP contribution in [0.3, 0.4) is 0 Å². The molecule has 0 aliphatic heterocycles. The number of amides is 2. The maximum atomic E-state index is 12.6. The summed E-state index contributed by atoms with van der Waals surface area (Å²) in [5.74, 6) is 0.511. The fraction of sp³-hybridized carbons (Fsp3) is 0.400. The van der Waals surface area contributed by atoms with Gasteiger partial charge in [0.05, 0.1) is 25.0 Å². The van der Waals surface area contributed by atoms with E-state index in [0.717, 1.165) is 63.1 Å². The summed E-state index contributed by atoms with van der Waals surface area (Å²) < 4.78 is 16.5. The molecule has 0 saturated heterocycles. The zero-order chi connectivity index (χ0) is 23.5. The van der Waals surface area contributed by atoms with Gasteiger partial charge in [0.1, 0.15) is 11.3 Å². The van der Waals surface area contributed by atoms with E-state index in [2.05, 4.69) is 15.8 Å². The third-order valence-corrected chi connectivity index (χ3v) is 6.13. The second kappa shape index (κ2) is 9.62. The molecule has 2 heterocycles. The molecule has 0 unspecified atom stereocenters. The van der Waals surface area contributed by atoms with Crippen LogP contribution in [0.15, 0.2) is 32.3 Å². The summed E-state index contributed by atoms with van der Waals surface area (Å²) in [6.45, 7) is 6.72. The van der Waals surface area contributed by atoms with E-state index in [1.807, 2.05) is 32.9 Å². The van der Waals surface area contributed by atoms with Crippen LogP contribution in [0.2, 0.25) is 0 Å². The van der Waals surface area contributed by atoms with E-state index < -0.39 is 0 Å². The van der Waals surface area contributed by atoms with Gasteiger partial charge < -0.3 is 18.9 Å². The van der Waals surface area contributed by atoms with Gasteiger partial charge in [-0.3, -0.25) is 9.59 Å². The molecule has 0 atom stereocenters. The molecule has 8 nitrogen and oxygen atoms in total. The number of furan rings is 2. The minimum absolute atomic E-state index is 0.163. The number of aryl methyl sites for hydroxylation is 3. The molecule has 0 bridgehead atoms. The summed E-state index contributed by atoms with van der Waals surface area (Å²) in [6.07, 6.45) is 4.07. The summed E-state index contributed by atoms with van der Waals surface area (Å²) in [7, 11) is 1.58. The molecule has 0 spiro atoms. The van der Waals surface area contributed by atoms with Crippen LogP contribution < -0.4 is 10.7 Å². The van der Waals surface area contributed by atoms with Crippen molar-refractivity contribution in [3.8, 4) is 0 Å². The van der Waals surface area contributed by atoms with Crippen LogP contribution >= 0.6 is 0 Å². The van der Waals surface area contributed by atoms with Gasteiger partial charge in [0.2, 0.25) is 5.91 Å². The van der Waals surface area contributed by atoms with Crippen LogP contribution in [-0.2, 0) is 22.4 Å². The number of carbonyl (C=O) groups excluding carboxylic acids is 2. The Morgan fingerprint density at radius 1 is 1.15 bits per heavy atom. The summed E-state index contributed by atoms with van der Waals surface area (Å²) >= 11 is 0. The average Bonchev–Trinajstić information content (AvgIpc) is 3.36. The molecule has 1 aromatic carbocycles. The first kappa shape index (κ1) is 22.8. The lowest BCUT2D eigenvalue weighted by atomic mass is 9.93. The number of nitrogens with one attached hydrogen (secondary N) is 2. The Bertz CT molecular complexity index is 1230. The van der Waals surface area contributed by atoms with Crippen molar-refractivity contribution in [3.05, 3.63) is 57.7 Å². The van der Waals surface area contributed by atoms with E-state index in [1.54, 1.807) is 13.4 Å². The second-order valence-electron chi connectivity index (χ2n) is 8.37. The molecule has 2 N–H and O–H groups in total. The van der Waals surface area contributed by atoms with E-state index in [0.29, 0.717) is 19.6 Å². The van der Waals surface area contributed by atoms with Crippen molar-refractivity contribution in [2.45, 2.75) is 46.5 Å². The third kappa shape index (κ3) is 4.57. The molecule has 1 aliphatic rings. The smallest absolute Gasteiger partial charge is 0.287 e. The number of hydrogen-bond donors (Lipinski definition) is 2. The van der Waals surface area contributed by atoms with E-state index in [4.69, 9.17) is 13.6 Å². The maximum absolute atomic E-state index is 12.6. The number of rotatable bonds is 7. The zero-order valence-corrected chi connectivity index (χ0v) is 19.5. The monoisotopic (exact) mass is 451 g/mol. The Hall–Kier alpha value is -3.39. The fourth-order valence-electron chi connectivity index (χ4n) is 4.21. The first-order valence-corrected chi connectivity index (χ1v) is 11.1. The quantitative estimate of drug-likeness (QED) is 0.421. The number of nitrogens with zero attached hydrogens (tertiary/aromatic N) is 1. The van der Waals surface area contributed by atoms with Crippen molar-refractivity contribution in [3.63, 3.8) is 0 Å². The predicted molar refractivity (Wildman–Crippen MR) is 125 cm³/mol. The topological polar surface area (TPSA) is 106 Å². The number of benzene rings is 1. The minimum Gasteiger partial charge on any atom is -0.464 e. The Balaban J connectivity index is 1.49. The molecule has 2 amide bonds. The maximum Gasteiger partial charge on any atom is 0.287 e. The van der Waals surface area contributed by atoms with Gasteiger partial charge in [0.25, 0.3) is 5.91 Å². The number of fused-ring (bicyclic) bond motifs is 2. The third-order valence-electron chi connectivity index (χ3n) is 6.13. The predicted octanol–water partition coefficient (Wildman–Crippen LogP) is 3.73. The van der Waals surface area contributed by atoms with Crippen molar-refractivity contribution in [2.24, 2.45) is 5.10 Å². The standard InChI is InChI=1S/C25H29N3O5/c1-14-8-9-18-17(13-32-23(18)15(14)2)12-21(29)28-27-19-6-5-7-20-22(19)16(3)24(33-20)25(30)26-10-11-31-4/h8-9,13H,5-7,10-12H2,1-4H3,(H,26,30)(H,28,29)/b27-19+. The van der Waals surface area contributed by atoms with E-state index >= 15 is 0 Å². The molecular weight excluding hydrogens is 422 g/mol. The van der Waals surface area contributed by atoms with E-state index in [9.17, 15) is 9.59 Å². The number of carbonyl (C=O) groups is 2. The average molecular weight is 452 g/mol. The Morgan fingerprint density at radius 3 is 2.76 bits per heavy atom. The van der Waals surface area contributed by atoms with Crippen LogP contribution in [0.5, 0.6) is 0 Å². The van der Waals surface area contributed by atoms with Crippen molar-refractivity contribution in [1.29, 1.82) is 0 Å². The Kier molecular flexibility index (Phi) is 6.65. The van der Waals surface area contributed by atoms with Crippen LogP contribution in [-0.4, -0.2) is 37.8 Å². The largest absolute Gasteiger partial charge is 0.464 e. The lowest BCUT2D eigenvalue weighted by Crippen LogP contribution is -2.27. The molecule has 0 radical (unpaired) electrons. The van der Waals surface area contributed by atoms with Crippen LogP contribution in [0.25, 0.3) is 11.0 Å². The number of methoxy groups -OCH3 is 1. The highest BCUT2D eigenvalue weighted by molar-refractivity contribution is 6.06. The zero-order valence-electron chi connectivity index (χ0n) is 19.5. The molecule has 8 heteroatoms. The molecule has 4 rings (SSSR count). The van der Waals surface area contributed by atoms with Gasteiger partial charge in [0, 0.05) is 42.2 Å². The highest BCUT2D eigenvalue weighted by Crippen LogP contribution is 2.30. The molecular formula is C25H29N3O5. The lowest BCUT2D eigenvalue weighted by molar-refractivity contribution is -0.120. The Labute approximate surface area is 192 Å². The van der Waals surface area contributed by atoms with Crippen molar-refractivity contribution in [2.75, 3.05) is 20.3 Å². The lowest BCUT2D eigenvalue weighted by Gasteiger charge is -2.13. The number of ether oxygens (including phenoxy) is 1. The summed E-state index contributed by atoms with van der Waals surface area (Å²) in [6, 6.07) is 4.01. The van der Waals surface area contributed by atoms with Crippen LogP contribution in [0.4, 0.5) is 0 Å². The van der Waals surface area contributed by atoms with Crippen molar-refractivity contribution < 1.29 is 23.2 Å². The van der Waals surface area contributed by atoms with Gasteiger partial charge in [-0.2, -0.15) is 5.10 Å². The van der Waals surface area contributed by atoms with Gasteiger partial charge in [-0.15, -0.1) is 0 Å². The second-order valence-corrected chi connectivity index (χ2v) is 8.37. The molecule has 1 aliphatic carbocycles. The van der Waals surface area contributed by atoms with Gasteiger partial charge in [0.15, 0.2) is 5.76 Å². The van der Waals surface area contributed by atoms with E-state index in [1.165, 1.54) is 0 Å². The molecule has 0 saturated carbocycles. The first-order valence-electron chi connectivity index (χ1n) is 11.1. The van der Waals surface area contributed by atoms with Crippen LogP contribution in [0.1, 0.15) is 57.0 Å². The van der Waals surface area contributed by atoms with Crippen molar-refractivity contribution >= 4 is 28.5 Å².